The molecule has 0 aromatic heterocycles. The maximum Gasteiger partial charge on any atom is 0.0357 e. The Morgan fingerprint density at radius 1 is 0.889 bits per heavy atom. The van der Waals surface area contributed by atoms with E-state index in [-0.39, 0.29) is 0 Å². The molecule has 0 radical (unpaired) electrons. The third-order valence-electron chi connectivity index (χ3n) is 5.16. The maximum absolute atomic E-state index is 3.85. The summed E-state index contributed by atoms with van der Waals surface area (Å²) in [4.78, 5) is 2.73. The van der Waals surface area contributed by atoms with Gasteiger partial charge in [0.2, 0.25) is 0 Å². The number of hydrazine groups is 1. The van der Waals surface area contributed by atoms with E-state index in [4.69, 9.17) is 0 Å². The van der Waals surface area contributed by atoms with Crippen LogP contribution >= 0.6 is 0 Å². The summed E-state index contributed by atoms with van der Waals surface area (Å²) >= 11 is 0. The van der Waals surface area contributed by atoms with Gasteiger partial charge in [-0.25, -0.2) is 5.01 Å². The number of hydrogen-bond acceptors (Lipinski definition) is 3. The number of hydrogen-bond donors (Lipinski definition) is 1. The van der Waals surface area contributed by atoms with E-state index in [0.717, 1.165) is 12.1 Å². The van der Waals surface area contributed by atoms with Crippen molar-refractivity contribution in [3.8, 4) is 0 Å². The van der Waals surface area contributed by atoms with Gasteiger partial charge in [-0.05, 0) is 52.9 Å². The van der Waals surface area contributed by atoms with Gasteiger partial charge < -0.3 is 0 Å². The quantitative estimate of drug-likeness (QED) is 0.831. The minimum Gasteiger partial charge on any atom is -0.296 e. The Balaban J connectivity index is 1.56. The predicted molar refractivity (Wildman–Crippen MR) is 75.3 cm³/mol. The first-order chi connectivity index (χ1) is 8.65. The van der Waals surface area contributed by atoms with E-state index in [1.54, 1.807) is 0 Å². The Bertz CT molecular complexity index is 279. The van der Waals surface area contributed by atoms with E-state index < -0.39 is 0 Å². The molecule has 3 nitrogen and oxygen atoms in total. The summed E-state index contributed by atoms with van der Waals surface area (Å²) in [5.41, 5.74) is 3.85. The van der Waals surface area contributed by atoms with Crippen molar-refractivity contribution in [3.63, 3.8) is 0 Å². The monoisotopic (exact) mass is 251 g/mol. The van der Waals surface area contributed by atoms with E-state index in [0.29, 0.717) is 18.1 Å². The topological polar surface area (TPSA) is 18.5 Å². The van der Waals surface area contributed by atoms with Crippen LogP contribution in [0.3, 0.4) is 0 Å². The van der Waals surface area contributed by atoms with Crippen molar-refractivity contribution >= 4 is 0 Å². The first-order valence-corrected chi connectivity index (χ1v) is 7.95. The summed E-state index contributed by atoms with van der Waals surface area (Å²) in [6, 6.07) is 3.80. The SMILES string of the molecule is CC1CC(NN2C(C)CCCC2C)CN1C1CC1. The highest BCUT2D eigenvalue weighted by Gasteiger charge is 2.39. The van der Waals surface area contributed by atoms with Gasteiger partial charge in [0.15, 0.2) is 0 Å². The molecular formula is C15H29N3. The van der Waals surface area contributed by atoms with E-state index in [1.165, 1.54) is 45.1 Å². The number of nitrogens with one attached hydrogen (secondary N) is 1. The molecular weight excluding hydrogens is 222 g/mol. The average molecular weight is 251 g/mol. The van der Waals surface area contributed by atoms with Crippen LogP contribution in [0.1, 0.15) is 59.3 Å². The van der Waals surface area contributed by atoms with Crippen molar-refractivity contribution in [1.82, 2.24) is 15.3 Å². The van der Waals surface area contributed by atoms with Gasteiger partial charge in [0.05, 0.1) is 0 Å². The van der Waals surface area contributed by atoms with Gasteiger partial charge in [-0.15, -0.1) is 0 Å². The molecule has 0 aromatic rings. The lowest BCUT2D eigenvalue weighted by Gasteiger charge is -2.40. The Labute approximate surface area is 112 Å². The van der Waals surface area contributed by atoms with Crippen LogP contribution in [0.2, 0.25) is 0 Å². The Morgan fingerprint density at radius 2 is 1.56 bits per heavy atom. The maximum atomic E-state index is 3.85. The predicted octanol–water partition coefficient (Wildman–Crippen LogP) is 2.38. The van der Waals surface area contributed by atoms with Gasteiger partial charge in [-0.2, -0.15) is 0 Å². The van der Waals surface area contributed by atoms with Crippen LogP contribution in [0.25, 0.3) is 0 Å². The lowest BCUT2D eigenvalue weighted by Crippen LogP contribution is -2.56. The molecule has 1 aliphatic carbocycles. The van der Waals surface area contributed by atoms with E-state index >= 15 is 0 Å². The summed E-state index contributed by atoms with van der Waals surface area (Å²) < 4.78 is 0. The van der Waals surface area contributed by atoms with Gasteiger partial charge in [0.1, 0.15) is 0 Å². The molecule has 18 heavy (non-hydrogen) atoms. The van der Waals surface area contributed by atoms with Crippen LogP contribution in [0.15, 0.2) is 0 Å². The van der Waals surface area contributed by atoms with Gasteiger partial charge in [0.25, 0.3) is 0 Å². The second kappa shape index (κ2) is 5.10. The van der Waals surface area contributed by atoms with E-state index in [9.17, 15) is 0 Å². The number of nitrogens with zero attached hydrogens (tertiary/aromatic N) is 2. The summed E-state index contributed by atoms with van der Waals surface area (Å²) in [7, 11) is 0. The fourth-order valence-corrected chi connectivity index (χ4v) is 3.95. The summed E-state index contributed by atoms with van der Waals surface area (Å²) in [6.45, 7) is 8.42. The van der Waals surface area contributed by atoms with E-state index in [2.05, 4.69) is 36.1 Å². The molecule has 0 bridgehead atoms. The smallest absolute Gasteiger partial charge is 0.0357 e. The van der Waals surface area contributed by atoms with Crippen molar-refractivity contribution in [2.45, 2.75) is 89.5 Å². The zero-order chi connectivity index (χ0) is 12.7. The van der Waals surface area contributed by atoms with Gasteiger partial charge >= 0.3 is 0 Å². The van der Waals surface area contributed by atoms with Gasteiger partial charge in [-0.1, -0.05) is 6.42 Å². The molecule has 3 fully saturated rings. The Hall–Kier alpha value is -0.120. The van der Waals surface area contributed by atoms with Crippen LogP contribution in [0.4, 0.5) is 0 Å². The second-order valence-electron chi connectivity index (χ2n) is 6.87. The van der Waals surface area contributed by atoms with Gasteiger partial charge in [0, 0.05) is 36.8 Å². The molecule has 0 amide bonds. The zero-order valence-electron chi connectivity index (χ0n) is 12.2. The minimum atomic E-state index is 0.684. The van der Waals surface area contributed by atoms with Crippen LogP contribution < -0.4 is 5.43 Å². The molecule has 2 saturated heterocycles. The minimum absolute atomic E-state index is 0.684. The molecule has 3 heteroatoms. The molecule has 4 atom stereocenters. The molecule has 0 spiro atoms. The highest BCUT2D eigenvalue weighted by Crippen LogP contribution is 2.33. The first-order valence-electron chi connectivity index (χ1n) is 7.95. The van der Waals surface area contributed by atoms with Crippen molar-refractivity contribution in [2.24, 2.45) is 0 Å². The Morgan fingerprint density at radius 3 is 2.17 bits per heavy atom. The largest absolute Gasteiger partial charge is 0.296 e. The highest BCUT2D eigenvalue weighted by molar-refractivity contribution is 4.96. The zero-order valence-corrected chi connectivity index (χ0v) is 12.2. The third-order valence-corrected chi connectivity index (χ3v) is 5.16. The lowest BCUT2D eigenvalue weighted by atomic mass is 9.99. The van der Waals surface area contributed by atoms with E-state index in [1.807, 2.05) is 0 Å². The molecule has 2 aliphatic heterocycles. The van der Waals surface area contributed by atoms with Crippen molar-refractivity contribution < 1.29 is 0 Å². The molecule has 3 aliphatic rings. The number of piperidine rings is 1. The lowest BCUT2D eigenvalue weighted by molar-refractivity contribution is 0.0307. The van der Waals surface area contributed by atoms with Crippen LogP contribution in [0, 0.1) is 0 Å². The number of rotatable bonds is 3. The molecule has 104 valence electrons. The average Bonchev–Trinajstić information content (AvgIpc) is 3.09. The third kappa shape index (κ3) is 2.59. The molecule has 3 rings (SSSR count). The van der Waals surface area contributed by atoms with Crippen molar-refractivity contribution in [2.75, 3.05) is 6.54 Å². The van der Waals surface area contributed by atoms with Crippen molar-refractivity contribution in [3.05, 3.63) is 0 Å². The molecule has 2 heterocycles. The normalized spacial score (nSPS) is 43.5. The number of likely N-dealkylation sites (tertiary alicyclic amines) is 1. The summed E-state index contributed by atoms with van der Waals surface area (Å²) in [5, 5.41) is 2.55. The molecule has 0 aromatic carbocycles. The second-order valence-corrected chi connectivity index (χ2v) is 6.87. The summed E-state index contributed by atoms with van der Waals surface area (Å²) in [6.07, 6.45) is 8.31. The van der Waals surface area contributed by atoms with Crippen molar-refractivity contribution in [1.29, 1.82) is 0 Å². The first kappa shape index (κ1) is 12.9. The fourth-order valence-electron chi connectivity index (χ4n) is 3.95. The van der Waals surface area contributed by atoms with Crippen LogP contribution in [0.5, 0.6) is 0 Å². The fraction of sp³-hybridized carbons (Fsp3) is 1.00. The highest BCUT2D eigenvalue weighted by atomic mass is 15.6. The summed E-state index contributed by atoms with van der Waals surface area (Å²) in [5.74, 6) is 0. The standard InChI is InChI=1S/C15H29N3/c1-11-5-4-6-12(2)18(11)16-14-9-13(3)17(10-14)15-7-8-15/h11-16H,4-10H2,1-3H3. The molecule has 1 saturated carbocycles. The van der Waals surface area contributed by atoms with Crippen LogP contribution in [-0.4, -0.2) is 46.7 Å². The molecule has 1 N–H and O–H groups in total. The van der Waals surface area contributed by atoms with Gasteiger partial charge in [-0.3, -0.25) is 10.3 Å². The Kier molecular flexibility index (Phi) is 3.65. The van der Waals surface area contributed by atoms with Crippen LogP contribution in [-0.2, 0) is 0 Å². The molecule has 4 unspecified atom stereocenters.